The van der Waals surface area contributed by atoms with Crippen LogP contribution in [0.25, 0.3) is 0 Å². The molecule has 0 amide bonds. The van der Waals surface area contributed by atoms with Crippen molar-refractivity contribution in [2.24, 2.45) is 0 Å². The fourth-order valence-electron chi connectivity index (χ4n) is 3.68. The van der Waals surface area contributed by atoms with Gasteiger partial charge in [-0.3, -0.25) is 0 Å². The zero-order valence-electron chi connectivity index (χ0n) is 17.2. The molecule has 2 aromatic carbocycles. The molecule has 1 heterocycles. The van der Waals surface area contributed by atoms with E-state index in [4.69, 9.17) is 17.0 Å². The maximum atomic E-state index is 12.0. The summed E-state index contributed by atoms with van der Waals surface area (Å²) in [7, 11) is 0. The summed E-state index contributed by atoms with van der Waals surface area (Å²) in [4.78, 5) is 14.5. The minimum Gasteiger partial charge on any atom is -0.462 e. The SMILES string of the molecule is CCOC(=O)c1cccc(NC(=S)NCCCN2CCCc3ccccc32)c1C. The molecule has 0 atom stereocenters. The first-order valence-corrected chi connectivity index (χ1v) is 10.7. The highest BCUT2D eigenvalue weighted by Crippen LogP contribution is 2.26. The second-order valence-corrected chi connectivity index (χ2v) is 7.56. The zero-order chi connectivity index (χ0) is 20.6. The third kappa shape index (κ3) is 5.48. The molecule has 0 spiro atoms. The van der Waals surface area contributed by atoms with Gasteiger partial charge in [-0.15, -0.1) is 0 Å². The van der Waals surface area contributed by atoms with Gasteiger partial charge in [0.2, 0.25) is 0 Å². The number of carbonyl (C=O) groups excluding carboxylic acids is 1. The number of esters is 1. The number of benzene rings is 2. The Kier molecular flexibility index (Phi) is 7.47. The zero-order valence-corrected chi connectivity index (χ0v) is 18.0. The molecule has 0 fully saturated rings. The van der Waals surface area contributed by atoms with Crippen LogP contribution in [0.15, 0.2) is 42.5 Å². The van der Waals surface area contributed by atoms with Gasteiger partial charge in [0.15, 0.2) is 5.11 Å². The summed E-state index contributed by atoms with van der Waals surface area (Å²) < 4.78 is 5.11. The number of fused-ring (bicyclic) bond motifs is 1. The van der Waals surface area contributed by atoms with Gasteiger partial charge in [-0.2, -0.15) is 0 Å². The average Bonchev–Trinajstić information content (AvgIpc) is 2.73. The van der Waals surface area contributed by atoms with E-state index < -0.39 is 0 Å². The van der Waals surface area contributed by atoms with E-state index in [0.29, 0.717) is 17.3 Å². The van der Waals surface area contributed by atoms with Crippen molar-refractivity contribution >= 4 is 34.7 Å². The highest BCUT2D eigenvalue weighted by molar-refractivity contribution is 7.80. The number of nitrogens with one attached hydrogen (secondary N) is 2. The third-order valence-corrected chi connectivity index (χ3v) is 5.42. The fraction of sp³-hybridized carbons (Fsp3) is 0.391. The molecular formula is C23H29N3O2S. The lowest BCUT2D eigenvalue weighted by molar-refractivity contribution is 0.0525. The molecule has 154 valence electrons. The highest BCUT2D eigenvalue weighted by Gasteiger charge is 2.16. The van der Waals surface area contributed by atoms with Gasteiger partial charge in [-0.25, -0.2) is 4.79 Å². The van der Waals surface area contributed by atoms with Crippen LogP contribution in [0.5, 0.6) is 0 Å². The number of hydrogen-bond acceptors (Lipinski definition) is 4. The second-order valence-electron chi connectivity index (χ2n) is 7.15. The van der Waals surface area contributed by atoms with Crippen LogP contribution in [0.2, 0.25) is 0 Å². The molecule has 5 nitrogen and oxygen atoms in total. The molecule has 3 rings (SSSR count). The van der Waals surface area contributed by atoms with Gasteiger partial charge in [0.1, 0.15) is 0 Å². The van der Waals surface area contributed by atoms with Gasteiger partial charge < -0.3 is 20.3 Å². The Morgan fingerprint density at radius 3 is 2.86 bits per heavy atom. The predicted molar refractivity (Wildman–Crippen MR) is 123 cm³/mol. The molecule has 0 saturated carbocycles. The molecule has 0 unspecified atom stereocenters. The van der Waals surface area contributed by atoms with Crippen LogP contribution in [-0.4, -0.2) is 37.3 Å². The lowest BCUT2D eigenvalue weighted by Gasteiger charge is -2.31. The van der Waals surface area contributed by atoms with E-state index in [2.05, 4.69) is 39.8 Å². The molecule has 2 N–H and O–H groups in total. The summed E-state index contributed by atoms with van der Waals surface area (Å²) in [5.74, 6) is -0.311. The van der Waals surface area contributed by atoms with E-state index in [1.54, 1.807) is 13.0 Å². The molecule has 29 heavy (non-hydrogen) atoms. The lowest BCUT2D eigenvalue weighted by atomic mass is 10.0. The van der Waals surface area contributed by atoms with Crippen LogP contribution in [0.4, 0.5) is 11.4 Å². The van der Waals surface area contributed by atoms with Crippen molar-refractivity contribution < 1.29 is 9.53 Å². The summed E-state index contributed by atoms with van der Waals surface area (Å²) in [5, 5.41) is 7.04. The van der Waals surface area contributed by atoms with Gasteiger partial charge in [0.05, 0.1) is 12.2 Å². The number of anilines is 2. The number of carbonyl (C=O) groups is 1. The Morgan fingerprint density at radius 2 is 2.03 bits per heavy atom. The van der Waals surface area contributed by atoms with Gasteiger partial charge in [0, 0.05) is 31.0 Å². The Hall–Kier alpha value is -2.60. The Balaban J connectivity index is 1.48. The Bertz CT molecular complexity index is 869. The van der Waals surface area contributed by atoms with Gasteiger partial charge >= 0.3 is 5.97 Å². The van der Waals surface area contributed by atoms with Gasteiger partial charge in [-0.1, -0.05) is 24.3 Å². The number of aryl methyl sites for hydroxylation is 1. The third-order valence-electron chi connectivity index (χ3n) is 5.17. The number of ether oxygens (including phenoxy) is 1. The lowest BCUT2D eigenvalue weighted by Crippen LogP contribution is -2.34. The van der Waals surface area contributed by atoms with Crippen LogP contribution in [-0.2, 0) is 11.2 Å². The maximum Gasteiger partial charge on any atom is 0.338 e. The second kappa shape index (κ2) is 10.3. The van der Waals surface area contributed by atoms with Crippen molar-refractivity contribution in [1.29, 1.82) is 0 Å². The molecule has 0 bridgehead atoms. The van der Waals surface area contributed by atoms with Gasteiger partial charge in [0.25, 0.3) is 0 Å². The van der Waals surface area contributed by atoms with Crippen LogP contribution in [0.1, 0.15) is 41.3 Å². The number of para-hydroxylation sites is 1. The molecule has 0 aliphatic carbocycles. The summed E-state index contributed by atoms with van der Waals surface area (Å²) in [6, 6.07) is 14.2. The summed E-state index contributed by atoms with van der Waals surface area (Å²) >= 11 is 5.44. The Morgan fingerprint density at radius 1 is 1.21 bits per heavy atom. The summed E-state index contributed by atoms with van der Waals surface area (Å²) in [6.45, 7) is 6.96. The smallest absolute Gasteiger partial charge is 0.338 e. The highest BCUT2D eigenvalue weighted by atomic mass is 32.1. The predicted octanol–water partition coefficient (Wildman–Crippen LogP) is 4.30. The number of thiocarbonyl (C=S) groups is 1. The first kappa shape index (κ1) is 21.1. The van der Waals surface area contributed by atoms with Crippen LogP contribution >= 0.6 is 12.2 Å². The molecule has 2 aromatic rings. The maximum absolute atomic E-state index is 12.0. The number of nitrogens with zero attached hydrogens (tertiary/aromatic N) is 1. The van der Waals surface area contributed by atoms with Crippen molar-refractivity contribution in [3.05, 3.63) is 59.2 Å². The normalized spacial score (nSPS) is 12.8. The standard InChI is InChI=1S/C23H29N3O2S/c1-3-28-22(27)19-11-6-12-20(17(19)2)25-23(29)24-14-8-16-26-15-7-10-18-9-4-5-13-21(18)26/h4-6,9,11-13H,3,7-8,10,14-16H2,1-2H3,(H2,24,25,29). The largest absolute Gasteiger partial charge is 0.462 e. The van der Waals surface area contributed by atoms with Gasteiger partial charge in [-0.05, 0) is 74.7 Å². The monoisotopic (exact) mass is 411 g/mol. The average molecular weight is 412 g/mol. The summed E-state index contributed by atoms with van der Waals surface area (Å²) in [5.41, 5.74) is 5.02. The van der Waals surface area contributed by atoms with Crippen LogP contribution < -0.4 is 15.5 Å². The molecule has 0 radical (unpaired) electrons. The minimum absolute atomic E-state index is 0.311. The molecule has 0 aromatic heterocycles. The number of hydrogen-bond donors (Lipinski definition) is 2. The quantitative estimate of drug-likeness (QED) is 0.402. The Labute approximate surface area is 178 Å². The van der Waals surface area contributed by atoms with Crippen molar-refractivity contribution in [1.82, 2.24) is 5.32 Å². The van der Waals surface area contributed by atoms with Crippen molar-refractivity contribution in [3.8, 4) is 0 Å². The van der Waals surface area contributed by atoms with E-state index in [1.807, 2.05) is 19.1 Å². The van der Waals surface area contributed by atoms with E-state index in [0.717, 1.165) is 37.3 Å². The molecule has 1 aliphatic heterocycles. The molecule has 6 heteroatoms. The summed E-state index contributed by atoms with van der Waals surface area (Å²) in [6.07, 6.45) is 3.38. The fourth-order valence-corrected chi connectivity index (χ4v) is 3.90. The topological polar surface area (TPSA) is 53.6 Å². The van der Waals surface area contributed by atoms with E-state index in [1.165, 1.54) is 24.1 Å². The molecule has 1 aliphatic rings. The molecular weight excluding hydrogens is 382 g/mol. The number of rotatable bonds is 7. The molecule has 0 saturated heterocycles. The van der Waals surface area contributed by atoms with Crippen LogP contribution in [0.3, 0.4) is 0 Å². The van der Waals surface area contributed by atoms with Crippen molar-refractivity contribution in [3.63, 3.8) is 0 Å². The van der Waals surface area contributed by atoms with Crippen LogP contribution in [0, 0.1) is 6.92 Å². The van der Waals surface area contributed by atoms with Crippen molar-refractivity contribution in [2.75, 3.05) is 36.5 Å². The minimum atomic E-state index is -0.311. The first-order chi connectivity index (χ1) is 14.1. The van der Waals surface area contributed by atoms with E-state index in [9.17, 15) is 4.79 Å². The first-order valence-electron chi connectivity index (χ1n) is 10.2. The van der Waals surface area contributed by atoms with E-state index in [-0.39, 0.29) is 5.97 Å². The van der Waals surface area contributed by atoms with E-state index >= 15 is 0 Å². The van der Waals surface area contributed by atoms with Crippen molar-refractivity contribution in [2.45, 2.75) is 33.1 Å².